The molecule has 0 saturated carbocycles. The minimum Gasteiger partial charge on any atom is -0.380 e. The number of likely N-dealkylation sites (tertiary alicyclic amines) is 1. The normalized spacial score (nSPS) is 15.5. The lowest BCUT2D eigenvalue weighted by atomic mass is 9.99. The fourth-order valence-electron chi connectivity index (χ4n) is 10.2. The Balaban J connectivity index is 0.00000840. The number of ether oxygens (including phenoxy) is 1. The van der Waals surface area contributed by atoms with Gasteiger partial charge in [-0.25, -0.2) is 29.6 Å². The molecule has 0 amide bonds. The molecule has 8 rings (SSSR count). The molecule has 1 atom stereocenters. The average molecular weight is 1140 g/mol. The van der Waals surface area contributed by atoms with Crippen LogP contribution in [0.3, 0.4) is 0 Å². The summed E-state index contributed by atoms with van der Waals surface area (Å²) in [6.07, 6.45) is 5.38. The van der Waals surface area contributed by atoms with E-state index in [1.54, 1.807) is 49.0 Å². The van der Waals surface area contributed by atoms with Gasteiger partial charge in [-0.3, -0.25) is 4.72 Å². The standard InChI is InChI=1S/C56H68ClFN6O7S4.CH4/c1-38(2)64-40(5)56(74(7,67)68)54(55(64)41-13-15-43(57)16-14-41)42-33-44(58)35-48(34-42)63-31-29-62(30-32-63)47-19-17-45(18-20-47)60-75(69,70)51-21-22-52(53(36-51)73(6,65)66)59-46(37-72-50-11-9-8-10-12-50)23-26-61-27-24-49(25-28-61)71-39(3)4;/h8-22,33-36,38-39,46,49,59-60H,23-32,37H2,1-7H3;1H4/t46-;/m1./s1. The van der Waals surface area contributed by atoms with Crippen molar-refractivity contribution in [3.05, 3.63) is 132 Å². The second kappa shape index (κ2) is 24.7. The van der Waals surface area contributed by atoms with Gasteiger partial charge in [0.05, 0.1) is 38.3 Å². The fourth-order valence-corrected chi connectivity index (χ4v) is 14.6. The summed E-state index contributed by atoms with van der Waals surface area (Å²) >= 11 is 7.95. The molecular weight excluding hydrogens is 1060 g/mol. The third-order valence-electron chi connectivity index (χ3n) is 13.7. The van der Waals surface area contributed by atoms with Gasteiger partial charge in [0.1, 0.15) is 5.82 Å². The SMILES string of the molecule is C.Cc1c(S(C)(=O)=O)c(-c2cc(F)cc(N3CCN(c4ccc(NS(=O)(=O)c5ccc(N[C@H](CCN6CCC(OC(C)C)CC6)CSc6ccccc6)c(S(C)(=O)=O)c5)cc4)CC3)c2)c(-c2ccc(Cl)cc2)n1C(C)C. The summed E-state index contributed by atoms with van der Waals surface area (Å²) in [5, 5.41) is 4.03. The number of nitrogens with one attached hydrogen (secondary N) is 2. The Kier molecular flexibility index (Phi) is 19.1. The highest BCUT2D eigenvalue weighted by Crippen LogP contribution is 2.45. The number of anilines is 4. The van der Waals surface area contributed by atoms with Gasteiger partial charge >= 0.3 is 0 Å². The van der Waals surface area contributed by atoms with Crippen LogP contribution in [0.2, 0.25) is 5.02 Å². The molecule has 0 bridgehead atoms. The van der Waals surface area contributed by atoms with Gasteiger partial charge in [0.25, 0.3) is 10.0 Å². The number of aromatic nitrogens is 1. The first-order valence-corrected chi connectivity index (χ1v) is 32.0. The molecule has 5 aromatic carbocycles. The first-order valence-electron chi connectivity index (χ1n) is 25.3. The molecule has 19 heteroatoms. The van der Waals surface area contributed by atoms with E-state index in [-0.39, 0.29) is 46.4 Å². The van der Waals surface area contributed by atoms with Crippen molar-refractivity contribution < 1.29 is 34.4 Å². The number of sulfone groups is 2. The van der Waals surface area contributed by atoms with E-state index in [1.807, 2.05) is 79.1 Å². The molecule has 0 unspecified atom stereocenters. The maximum absolute atomic E-state index is 15.8. The zero-order valence-corrected chi connectivity index (χ0v) is 47.6. The number of halogens is 2. The van der Waals surface area contributed by atoms with Crippen molar-refractivity contribution in [2.24, 2.45) is 0 Å². The smallest absolute Gasteiger partial charge is 0.261 e. The molecule has 0 aliphatic carbocycles. The number of thioether (sulfide) groups is 1. The van der Waals surface area contributed by atoms with E-state index in [1.165, 1.54) is 30.5 Å². The zero-order valence-electron chi connectivity index (χ0n) is 43.6. The predicted molar refractivity (Wildman–Crippen MR) is 311 cm³/mol. The van der Waals surface area contributed by atoms with Crippen molar-refractivity contribution in [1.82, 2.24) is 9.47 Å². The maximum atomic E-state index is 15.8. The van der Waals surface area contributed by atoms with E-state index in [2.05, 4.69) is 38.6 Å². The van der Waals surface area contributed by atoms with E-state index in [9.17, 15) is 25.3 Å². The summed E-state index contributed by atoms with van der Waals surface area (Å²) in [6, 6.07) is 32.9. The van der Waals surface area contributed by atoms with Crippen molar-refractivity contribution in [3.63, 3.8) is 0 Å². The maximum Gasteiger partial charge on any atom is 0.261 e. The molecule has 2 fully saturated rings. The Labute approximate surface area is 460 Å². The van der Waals surface area contributed by atoms with Gasteiger partial charge in [0, 0.05) is 114 Å². The van der Waals surface area contributed by atoms with Crippen molar-refractivity contribution in [2.45, 2.75) is 105 Å². The van der Waals surface area contributed by atoms with Crippen molar-refractivity contribution in [2.75, 3.05) is 83.9 Å². The topological polar surface area (TPSA) is 150 Å². The molecule has 6 aromatic rings. The molecule has 2 aliphatic rings. The summed E-state index contributed by atoms with van der Waals surface area (Å²) in [5.74, 6) is 0.172. The number of hydrogen-bond donors (Lipinski definition) is 2. The first kappa shape index (κ1) is 58.6. The summed E-state index contributed by atoms with van der Waals surface area (Å²) < 4.78 is 108. The highest BCUT2D eigenvalue weighted by atomic mass is 35.5. The molecule has 13 nitrogen and oxygen atoms in total. The fraction of sp³-hybridized carbons (Fsp3) is 0.404. The number of piperidine rings is 1. The third kappa shape index (κ3) is 14.3. The minimum atomic E-state index is -4.22. The van der Waals surface area contributed by atoms with Gasteiger partial charge in [-0.1, -0.05) is 49.4 Å². The van der Waals surface area contributed by atoms with Gasteiger partial charge in [-0.15, -0.1) is 11.8 Å². The highest BCUT2D eigenvalue weighted by molar-refractivity contribution is 7.99. The number of hydrogen-bond acceptors (Lipinski definition) is 12. The molecule has 0 spiro atoms. The minimum absolute atomic E-state index is 0. The highest BCUT2D eigenvalue weighted by Gasteiger charge is 2.31. The molecule has 3 heterocycles. The summed E-state index contributed by atoms with van der Waals surface area (Å²) in [6.45, 7) is 14.7. The van der Waals surface area contributed by atoms with Gasteiger partial charge in [0.15, 0.2) is 19.7 Å². The van der Waals surface area contributed by atoms with E-state index >= 15 is 4.39 Å². The van der Waals surface area contributed by atoms with Crippen LogP contribution in [0.25, 0.3) is 22.4 Å². The van der Waals surface area contributed by atoms with Crippen molar-refractivity contribution in [3.8, 4) is 22.4 Å². The van der Waals surface area contributed by atoms with E-state index in [0.29, 0.717) is 76.5 Å². The van der Waals surface area contributed by atoms with E-state index in [4.69, 9.17) is 16.3 Å². The molecule has 410 valence electrons. The van der Waals surface area contributed by atoms with Crippen LogP contribution < -0.4 is 19.8 Å². The van der Waals surface area contributed by atoms with Crippen LogP contribution in [0.15, 0.2) is 135 Å². The summed E-state index contributed by atoms with van der Waals surface area (Å²) in [7, 11) is -11.9. The van der Waals surface area contributed by atoms with E-state index in [0.717, 1.165) is 61.3 Å². The molecule has 0 radical (unpaired) electrons. The molecule has 1 aromatic heterocycles. The second-order valence-electron chi connectivity index (χ2n) is 20.1. The van der Waals surface area contributed by atoms with Gasteiger partial charge in [0.2, 0.25) is 0 Å². The number of benzene rings is 5. The van der Waals surface area contributed by atoms with Gasteiger partial charge in [-0.2, -0.15) is 0 Å². The second-order valence-corrected chi connectivity index (χ2v) is 27.3. The molecular formula is C57H72ClFN6O7S4. The first-order chi connectivity index (χ1) is 35.5. The largest absolute Gasteiger partial charge is 0.380 e. The monoisotopic (exact) mass is 1130 g/mol. The van der Waals surface area contributed by atoms with Crippen molar-refractivity contribution in [1.29, 1.82) is 0 Å². The Morgan fingerprint density at radius 3 is 1.96 bits per heavy atom. The van der Waals surface area contributed by atoms with Gasteiger partial charge in [-0.05, 0) is 150 Å². The summed E-state index contributed by atoms with van der Waals surface area (Å²) in [5.41, 5.74) is 5.01. The number of rotatable bonds is 20. The zero-order chi connectivity index (χ0) is 53.8. The lowest BCUT2D eigenvalue weighted by Crippen LogP contribution is -2.46. The molecule has 2 saturated heterocycles. The summed E-state index contributed by atoms with van der Waals surface area (Å²) in [4.78, 5) is 7.62. The van der Waals surface area contributed by atoms with Crippen LogP contribution in [0, 0.1) is 12.7 Å². The Bertz CT molecular complexity index is 3290. The third-order valence-corrected chi connectivity index (χ3v) is 18.9. The number of sulfonamides is 1. The van der Waals surface area contributed by atoms with Crippen LogP contribution in [-0.2, 0) is 34.4 Å². The number of nitrogens with zero attached hydrogens (tertiary/aromatic N) is 4. The van der Waals surface area contributed by atoms with Gasteiger partial charge < -0.3 is 29.3 Å². The Hall–Kier alpha value is -5.08. The van der Waals surface area contributed by atoms with Crippen LogP contribution in [0.4, 0.5) is 27.1 Å². The van der Waals surface area contributed by atoms with Crippen LogP contribution in [0.5, 0.6) is 0 Å². The predicted octanol–water partition coefficient (Wildman–Crippen LogP) is 11.9. The van der Waals surface area contributed by atoms with Crippen molar-refractivity contribution >= 4 is 75.8 Å². The molecule has 2 aliphatic heterocycles. The average Bonchev–Trinajstić information content (AvgIpc) is 3.69. The van der Waals surface area contributed by atoms with Crippen LogP contribution in [0.1, 0.15) is 66.1 Å². The Morgan fingerprint density at radius 1 is 0.737 bits per heavy atom. The lowest BCUT2D eigenvalue weighted by molar-refractivity contribution is -0.0268. The van der Waals surface area contributed by atoms with E-state index < -0.39 is 35.5 Å². The quantitative estimate of drug-likeness (QED) is 0.0701. The molecule has 2 N–H and O–H groups in total. The number of piperazine rings is 1. The lowest BCUT2D eigenvalue weighted by Gasteiger charge is -2.37. The van der Waals surface area contributed by atoms with Crippen LogP contribution in [-0.4, -0.2) is 117 Å². The van der Waals surface area contributed by atoms with Crippen LogP contribution >= 0.6 is 23.4 Å². The molecule has 76 heavy (non-hydrogen) atoms. The Morgan fingerprint density at radius 2 is 1.37 bits per heavy atom.